The maximum Gasteiger partial charge on any atom is 0.407 e. The average Bonchev–Trinajstić information content (AvgIpc) is 3.28. The van der Waals surface area contributed by atoms with Crippen molar-refractivity contribution in [1.29, 1.82) is 0 Å². The first-order chi connectivity index (χ1) is 14.5. The molecule has 1 aliphatic rings. The summed E-state index contributed by atoms with van der Waals surface area (Å²) in [7, 11) is 0. The van der Waals surface area contributed by atoms with Gasteiger partial charge in [0.2, 0.25) is 0 Å². The largest absolute Gasteiger partial charge is 0.465 e. The van der Waals surface area contributed by atoms with Crippen LogP contribution in [0, 0.1) is 11.7 Å². The fourth-order valence-corrected chi connectivity index (χ4v) is 4.00. The normalized spacial score (nSPS) is 17.1. The van der Waals surface area contributed by atoms with Gasteiger partial charge in [-0.15, -0.1) is 0 Å². The van der Waals surface area contributed by atoms with E-state index in [-0.39, 0.29) is 11.6 Å². The number of hydrogen-bond acceptors (Lipinski definition) is 5. The molecule has 154 valence electrons. The van der Waals surface area contributed by atoms with Gasteiger partial charge in [-0.2, -0.15) is 0 Å². The van der Waals surface area contributed by atoms with Gasteiger partial charge >= 0.3 is 11.8 Å². The number of aromatic nitrogens is 6. The molecular weight excluding hydrogens is 393 g/mol. The molecule has 0 spiro atoms. The van der Waals surface area contributed by atoms with Crippen LogP contribution >= 0.6 is 0 Å². The van der Waals surface area contributed by atoms with Crippen molar-refractivity contribution in [3.63, 3.8) is 0 Å². The van der Waals surface area contributed by atoms with Crippen LogP contribution in [0.25, 0.3) is 28.3 Å². The highest BCUT2D eigenvalue weighted by Gasteiger charge is 2.25. The predicted molar refractivity (Wildman–Crippen MR) is 105 cm³/mol. The highest BCUT2D eigenvalue weighted by Crippen LogP contribution is 2.22. The molecule has 1 fully saturated rings. The second kappa shape index (κ2) is 6.94. The second-order valence-corrected chi connectivity index (χ2v) is 7.43. The van der Waals surface area contributed by atoms with Crippen molar-refractivity contribution in [3.8, 4) is 11.5 Å². The van der Waals surface area contributed by atoms with Gasteiger partial charge in [-0.1, -0.05) is 0 Å². The number of halogens is 1. The quantitative estimate of drug-likeness (QED) is 0.532. The molecule has 0 bridgehead atoms. The lowest BCUT2D eigenvalue weighted by Gasteiger charge is -2.30. The smallest absolute Gasteiger partial charge is 0.407 e. The number of imidazole rings is 2. The lowest BCUT2D eigenvalue weighted by atomic mass is 9.98. The summed E-state index contributed by atoms with van der Waals surface area (Å²) in [4.78, 5) is 41.0. The Morgan fingerprint density at radius 3 is 3.00 bits per heavy atom. The Kier molecular flexibility index (Phi) is 4.23. The van der Waals surface area contributed by atoms with Crippen LogP contribution in [-0.4, -0.2) is 58.1 Å². The number of rotatable bonds is 3. The fourth-order valence-electron chi connectivity index (χ4n) is 4.00. The molecule has 2 N–H and O–H groups in total. The molecule has 0 saturated carbocycles. The summed E-state index contributed by atoms with van der Waals surface area (Å²) in [5, 5.41) is 9.25. The third kappa shape index (κ3) is 3.08. The van der Waals surface area contributed by atoms with Crippen LogP contribution in [-0.2, 0) is 6.54 Å². The number of H-pyrrole nitrogens is 1. The average molecular weight is 411 g/mol. The molecule has 10 nitrogen and oxygen atoms in total. The van der Waals surface area contributed by atoms with Crippen molar-refractivity contribution >= 4 is 22.9 Å². The Hall–Kier alpha value is -3.76. The molecule has 5 heterocycles. The summed E-state index contributed by atoms with van der Waals surface area (Å²) in [5.74, 6) is -0.0966. The zero-order valence-corrected chi connectivity index (χ0v) is 15.8. The van der Waals surface area contributed by atoms with E-state index in [1.54, 1.807) is 16.7 Å². The minimum absolute atomic E-state index is 0.00913. The minimum Gasteiger partial charge on any atom is -0.465 e. The Morgan fingerprint density at radius 2 is 2.17 bits per heavy atom. The zero-order valence-electron chi connectivity index (χ0n) is 15.8. The number of fused-ring (bicyclic) bond motifs is 2. The fraction of sp³-hybridized carbons (Fsp3) is 0.316. The number of aromatic amines is 1. The minimum atomic E-state index is -0.949. The highest BCUT2D eigenvalue weighted by molar-refractivity contribution is 5.72. The molecule has 4 aromatic rings. The van der Waals surface area contributed by atoms with Crippen LogP contribution in [0.5, 0.6) is 0 Å². The number of nitrogens with zero attached hydrogens (tertiary/aromatic N) is 6. The summed E-state index contributed by atoms with van der Waals surface area (Å²) >= 11 is 0. The highest BCUT2D eigenvalue weighted by atomic mass is 19.1. The lowest BCUT2D eigenvalue weighted by Crippen LogP contribution is -2.41. The summed E-state index contributed by atoms with van der Waals surface area (Å²) in [6, 6.07) is 2.88. The van der Waals surface area contributed by atoms with Gasteiger partial charge in [-0.25, -0.2) is 28.9 Å². The first-order valence-corrected chi connectivity index (χ1v) is 9.56. The molecule has 1 saturated heterocycles. The van der Waals surface area contributed by atoms with Crippen LogP contribution in [0.2, 0.25) is 0 Å². The Morgan fingerprint density at radius 1 is 1.30 bits per heavy atom. The number of hydrogen-bond donors (Lipinski definition) is 2. The Balaban J connectivity index is 1.54. The van der Waals surface area contributed by atoms with E-state index in [4.69, 9.17) is 0 Å². The molecule has 0 aliphatic carbocycles. The van der Waals surface area contributed by atoms with Gasteiger partial charge in [0.1, 0.15) is 22.7 Å². The van der Waals surface area contributed by atoms with E-state index in [1.165, 1.54) is 27.9 Å². The number of pyridine rings is 1. The monoisotopic (exact) mass is 411 g/mol. The first kappa shape index (κ1) is 18.3. The Bertz CT molecular complexity index is 1320. The van der Waals surface area contributed by atoms with Crippen LogP contribution < -0.4 is 5.69 Å². The summed E-state index contributed by atoms with van der Waals surface area (Å²) in [6.07, 6.45) is 5.00. The van der Waals surface area contributed by atoms with Crippen molar-refractivity contribution in [2.24, 2.45) is 5.92 Å². The second-order valence-electron chi connectivity index (χ2n) is 7.43. The molecule has 11 heteroatoms. The summed E-state index contributed by atoms with van der Waals surface area (Å²) < 4.78 is 16.8. The van der Waals surface area contributed by atoms with E-state index in [2.05, 4.69) is 19.9 Å². The number of nitrogens with one attached hydrogen (secondary N) is 1. The number of piperidine rings is 1. The third-order valence-corrected chi connectivity index (χ3v) is 5.44. The van der Waals surface area contributed by atoms with Crippen molar-refractivity contribution in [2.75, 3.05) is 13.1 Å². The maximum absolute atomic E-state index is 13.7. The van der Waals surface area contributed by atoms with Gasteiger partial charge in [-0.05, 0) is 30.9 Å². The van der Waals surface area contributed by atoms with E-state index < -0.39 is 11.9 Å². The Labute approximate surface area is 168 Å². The molecule has 4 aromatic heterocycles. The summed E-state index contributed by atoms with van der Waals surface area (Å²) in [5.41, 5.74) is 1.63. The molecule has 1 amide bonds. The third-order valence-electron chi connectivity index (χ3n) is 5.44. The molecule has 1 atom stereocenters. The van der Waals surface area contributed by atoms with Gasteiger partial charge in [0, 0.05) is 25.8 Å². The van der Waals surface area contributed by atoms with E-state index in [0.29, 0.717) is 48.0 Å². The van der Waals surface area contributed by atoms with E-state index in [1.807, 2.05) is 0 Å². The van der Waals surface area contributed by atoms with Gasteiger partial charge in [-0.3, -0.25) is 8.97 Å². The molecule has 5 rings (SSSR count). The van der Waals surface area contributed by atoms with Crippen LogP contribution in [0.3, 0.4) is 0 Å². The van der Waals surface area contributed by atoms with Crippen molar-refractivity contribution in [3.05, 3.63) is 47.0 Å². The first-order valence-electron chi connectivity index (χ1n) is 9.56. The summed E-state index contributed by atoms with van der Waals surface area (Å²) in [6.45, 7) is 1.23. The molecule has 1 aliphatic heterocycles. The molecule has 0 aromatic carbocycles. The van der Waals surface area contributed by atoms with E-state index in [9.17, 15) is 19.1 Å². The standard InChI is InChI=1S/C19H18FN7O3/c20-12-3-4-15-21-7-14(26(15)10-12)16-22-6-13-17(24-16)27(18(28)23-13)9-11-2-1-5-25(8-11)19(29)30/h3-4,6-7,10-11H,1-2,5,8-9H2,(H,23,28)(H,29,30)/t11-/m0/s1. The molecule has 30 heavy (non-hydrogen) atoms. The van der Waals surface area contributed by atoms with E-state index >= 15 is 0 Å². The number of amides is 1. The van der Waals surface area contributed by atoms with Gasteiger partial charge < -0.3 is 15.0 Å². The molecular formula is C19H18FN7O3. The van der Waals surface area contributed by atoms with Gasteiger partial charge in [0.25, 0.3) is 0 Å². The van der Waals surface area contributed by atoms with E-state index in [0.717, 1.165) is 12.8 Å². The van der Waals surface area contributed by atoms with Crippen LogP contribution in [0.4, 0.5) is 9.18 Å². The van der Waals surface area contributed by atoms with Gasteiger partial charge in [0.15, 0.2) is 11.5 Å². The van der Waals surface area contributed by atoms with Crippen LogP contribution in [0.15, 0.2) is 35.5 Å². The van der Waals surface area contributed by atoms with Crippen molar-refractivity contribution < 1.29 is 14.3 Å². The number of carboxylic acid groups (broad SMARTS) is 1. The number of carbonyl (C=O) groups is 1. The predicted octanol–water partition coefficient (Wildman–Crippen LogP) is 1.96. The van der Waals surface area contributed by atoms with Gasteiger partial charge in [0.05, 0.1) is 12.4 Å². The topological polar surface area (TPSA) is 121 Å². The molecule has 0 radical (unpaired) electrons. The van der Waals surface area contributed by atoms with Crippen molar-refractivity contribution in [2.45, 2.75) is 19.4 Å². The van der Waals surface area contributed by atoms with Crippen molar-refractivity contribution in [1.82, 2.24) is 33.8 Å². The zero-order chi connectivity index (χ0) is 20.8. The number of likely N-dealkylation sites (tertiary alicyclic amines) is 1. The SMILES string of the molecule is O=C(O)N1CCC[C@H](Cn2c(=O)[nH]c3cnc(-c4cnc5ccc(F)cn45)nc32)C1. The maximum atomic E-state index is 13.7. The lowest BCUT2D eigenvalue weighted by molar-refractivity contribution is 0.116. The van der Waals surface area contributed by atoms with Crippen LogP contribution in [0.1, 0.15) is 12.8 Å². The molecule has 0 unspecified atom stereocenters.